The molecular weight excluding hydrogens is 230 g/mol. The van der Waals surface area contributed by atoms with Gasteiger partial charge < -0.3 is 19.7 Å². The lowest BCUT2D eigenvalue weighted by molar-refractivity contribution is 0.119. The Kier molecular flexibility index (Phi) is 4.37. The van der Waals surface area contributed by atoms with Crippen LogP contribution in [0.3, 0.4) is 0 Å². The summed E-state index contributed by atoms with van der Waals surface area (Å²) in [7, 11) is 0. The Balaban J connectivity index is 2.23. The highest BCUT2D eigenvalue weighted by molar-refractivity contribution is 5.10. The predicted molar refractivity (Wildman–Crippen MR) is 69.6 cm³/mol. The van der Waals surface area contributed by atoms with Crippen molar-refractivity contribution < 1.29 is 9.84 Å². The summed E-state index contributed by atoms with van der Waals surface area (Å²) in [6.07, 6.45) is 2.49. The first-order valence-electron chi connectivity index (χ1n) is 6.74. The van der Waals surface area contributed by atoms with Gasteiger partial charge in [0.2, 0.25) is 0 Å². The van der Waals surface area contributed by atoms with Gasteiger partial charge in [-0.05, 0) is 13.5 Å². The molecule has 0 aromatic carbocycles. The molecule has 102 valence electrons. The van der Waals surface area contributed by atoms with Crippen molar-refractivity contribution >= 4 is 0 Å². The normalized spacial score (nSPS) is 25.6. The van der Waals surface area contributed by atoms with E-state index < -0.39 is 6.10 Å². The minimum absolute atomic E-state index is 0.00928. The van der Waals surface area contributed by atoms with E-state index in [4.69, 9.17) is 4.74 Å². The average Bonchev–Trinajstić information content (AvgIpc) is 2.94. The van der Waals surface area contributed by atoms with Crippen LogP contribution in [0, 0.1) is 0 Å². The van der Waals surface area contributed by atoms with Crippen molar-refractivity contribution in [1.82, 2.24) is 14.9 Å². The van der Waals surface area contributed by atoms with Crippen molar-refractivity contribution in [3.8, 4) is 0 Å². The fourth-order valence-corrected chi connectivity index (χ4v) is 2.42. The molecule has 0 aliphatic carbocycles. The molecule has 18 heavy (non-hydrogen) atoms. The van der Waals surface area contributed by atoms with E-state index in [9.17, 15) is 5.11 Å². The fourth-order valence-electron chi connectivity index (χ4n) is 2.42. The second-order valence-electron chi connectivity index (χ2n) is 4.79. The standard InChI is InChI=1S/C13H23N3O2/c1-4-13-15-10(9(3)14-5-2)6-16(13)11-7-18-8-12(11)17/h6,9,11-12,14,17H,4-5,7-8H2,1-3H3. The molecule has 0 spiro atoms. The smallest absolute Gasteiger partial charge is 0.109 e. The predicted octanol–water partition coefficient (Wildman–Crippen LogP) is 1.05. The molecule has 1 aromatic rings. The van der Waals surface area contributed by atoms with E-state index in [1.807, 2.05) is 0 Å². The van der Waals surface area contributed by atoms with Gasteiger partial charge in [0.1, 0.15) is 11.9 Å². The molecule has 3 atom stereocenters. The zero-order valence-electron chi connectivity index (χ0n) is 11.4. The van der Waals surface area contributed by atoms with Crippen LogP contribution in [0.15, 0.2) is 6.20 Å². The summed E-state index contributed by atoms with van der Waals surface area (Å²) in [6, 6.07) is 0.246. The maximum atomic E-state index is 9.92. The lowest BCUT2D eigenvalue weighted by Gasteiger charge is -2.16. The Morgan fingerprint density at radius 2 is 2.33 bits per heavy atom. The number of ether oxygens (including phenoxy) is 1. The van der Waals surface area contributed by atoms with Crippen LogP contribution < -0.4 is 5.32 Å². The third-order valence-electron chi connectivity index (χ3n) is 3.48. The number of aliphatic hydroxyl groups excluding tert-OH is 1. The van der Waals surface area contributed by atoms with Gasteiger partial charge in [0.05, 0.1) is 24.9 Å². The number of aryl methyl sites for hydroxylation is 1. The second-order valence-corrected chi connectivity index (χ2v) is 4.79. The fraction of sp³-hybridized carbons (Fsp3) is 0.769. The molecule has 2 rings (SSSR count). The van der Waals surface area contributed by atoms with E-state index in [-0.39, 0.29) is 12.1 Å². The number of hydrogen-bond donors (Lipinski definition) is 2. The summed E-state index contributed by atoms with van der Waals surface area (Å²) < 4.78 is 7.41. The number of hydrogen-bond acceptors (Lipinski definition) is 4. The van der Waals surface area contributed by atoms with Crippen LogP contribution in [-0.4, -0.2) is 40.5 Å². The number of rotatable bonds is 5. The third kappa shape index (κ3) is 2.58. The zero-order chi connectivity index (χ0) is 13.1. The van der Waals surface area contributed by atoms with Crippen LogP contribution in [0.1, 0.15) is 44.4 Å². The van der Waals surface area contributed by atoms with Gasteiger partial charge in [0, 0.05) is 18.7 Å². The number of aliphatic hydroxyl groups is 1. The van der Waals surface area contributed by atoms with Crippen molar-refractivity contribution in [1.29, 1.82) is 0 Å². The van der Waals surface area contributed by atoms with Gasteiger partial charge in [-0.2, -0.15) is 0 Å². The van der Waals surface area contributed by atoms with Crippen LogP contribution in [0.5, 0.6) is 0 Å². The van der Waals surface area contributed by atoms with Gasteiger partial charge in [-0.1, -0.05) is 13.8 Å². The van der Waals surface area contributed by atoms with E-state index in [0.29, 0.717) is 13.2 Å². The molecule has 2 heterocycles. The molecule has 1 aromatic heterocycles. The molecular formula is C13H23N3O2. The van der Waals surface area contributed by atoms with Crippen molar-refractivity contribution in [3.05, 3.63) is 17.7 Å². The van der Waals surface area contributed by atoms with E-state index in [0.717, 1.165) is 24.5 Å². The van der Waals surface area contributed by atoms with Crippen molar-refractivity contribution in [3.63, 3.8) is 0 Å². The summed E-state index contributed by atoms with van der Waals surface area (Å²) in [5.41, 5.74) is 1.04. The molecule has 5 nitrogen and oxygen atoms in total. The quantitative estimate of drug-likeness (QED) is 0.823. The highest BCUT2D eigenvalue weighted by Gasteiger charge is 2.29. The molecule has 0 bridgehead atoms. The highest BCUT2D eigenvalue weighted by Crippen LogP contribution is 2.24. The van der Waals surface area contributed by atoms with Crippen LogP contribution in [0.2, 0.25) is 0 Å². The molecule has 0 radical (unpaired) electrons. The third-order valence-corrected chi connectivity index (χ3v) is 3.48. The van der Waals surface area contributed by atoms with Gasteiger partial charge in [0.15, 0.2) is 0 Å². The molecule has 1 aliphatic heterocycles. The summed E-state index contributed by atoms with van der Waals surface area (Å²) in [5, 5.41) is 13.3. The Labute approximate surface area is 108 Å². The molecule has 3 unspecified atom stereocenters. The maximum absolute atomic E-state index is 9.92. The van der Waals surface area contributed by atoms with Crippen molar-refractivity contribution in [2.75, 3.05) is 19.8 Å². The second kappa shape index (κ2) is 5.82. The minimum atomic E-state index is -0.424. The first-order chi connectivity index (χ1) is 8.67. The molecule has 2 N–H and O–H groups in total. The maximum Gasteiger partial charge on any atom is 0.109 e. The SMILES string of the molecule is CCNC(C)c1cn(C2COCC2O)c(CC)n1. The van der Waals surface area contributed by atoms with Gasteiger partial charge in [-0.25, -0.2) is 4.98 Å². The Morgan fingerprint density at radius 1 is 1.56 bits per heavy atom. The molecule has 1 fully saturated rings. The first kappa shape index (κ1) is 13.5. The average molecular weight is 253 g/mol. The lowest BCUT2D eigenvalue weighted by atomic mass is 10.2. The topological polar surface area (TPSA) is 59.3 Å². The number of aromatic nitrogens is 2. The molecule has 1 saturated heterocycles. The lowest BCUT2D eigenvalue weighted by Crippen LogP contribution is -2.23. The monoisotopic (exact) mass is 253 g/mol. The zero-order valence-corrected chi connectivity index (χ0v) is 11.4. The van der Waals surface area contributed by atoms with Gasteiger partial charge in [0.25, 0.3) is 0 Å². The number of nitrogens with zero attached hydrogens (tertiary/aromatic N) is 2. The van der Waals surface area contributed by atoms with E-state index in [1.165, 1.54) is 0 Å². The highest BCUT2D eigenvalue weighted by atomic mass is 16.5. The van der Waals surface area contributed by atoms with Crippen molar-refractivity contribution in [2.45, 2.75) is 45.4 Å². The first-order valence-corrected chi connectivity index (χ1v) is 6.74. The van der Waals surface area contributed by atoms with Gasteiger partial charge in [-0.3, -0.25) is 0 Å². The molecule has 1 aliphatic rings. The number of nitrogens with one attached hydrogen (secondary N) is 1. The van der Waals surface area contributed by atoms with Crippen LogP contribution in [-0.2, 0) is 11.2 Å². The van der Waals surface area contributed by atoms with E-state index >= 15 is 0 Å². The summed E-state index contributed by atoms with van der Waals surface area (Å²) in [5.74, 6) is 1.02. The summed E-state index contributed by atoms with van der Waals surface area (Å²) >= 11 is 0. The molecule has 0 amide bonds. The summed E-state index contributed by atoms with van der Waals surface area (Å²) in [6.45, 7) is 8.19. The molecule has 0 saturated carbocycles. The van der Waals surface area contributed by atoms with Gasteiger partial charge >= 0.3 is 0 Å². The van der Waals surface area contributed by atoms with E-state index in [1.54, 1.807) is 0 Å². The van der Waals surface area contributed by atoms with Crippen LogP contribution in [0.4, 0.5) is 0 Å². The Bertz CT molecular complexity index is 392. The number of imidazole rings is 1. The minimum Gasteiger partial charge on any atom is -0.388 e. The summed E-state index contributed by atoms with van der Waals surface area (Å²) in [4.78, 5) is 4.66. The molecule has 5 heteroatoms. The van der Waals surface area contributed by atoms with Gasteiger partial charge in [-0.15, -0.1) is 0 Å². The van der Waals surface area contributed by atoms with E-state index in [2.05, 4.69) is 41.8 Å². The van der Waals surface area contributed by atoms with Crippen molar-refractivity contribution in [2.24, 2.45) is 0 Å². The largest absolute Gasteiger partial charge is 0.388 e. The Morgan fingerprint density at radius 3 is 2.89 bits per heavy atom. The van der Waals surface area contributed by atoms with Crippen LogP contribution >= 0.6 is 0 Å². The Hall–Kier alpha value is -0.910. The van der Waals surface area contributed by atoms with Crippen LogP contribution in [0.25, 0.3) is 0 Å².